The fourth-order valence-corrected chi connectivity index (χ4v) is 6.52. The Hall–Kier alpha value is -4.91. The molecular weight excluding hydrogens is 516 g/mol. The van der Waals surface area contributed by atoms with Gasteiger partial charge in [-0.2, -0.15) is 0 Å². The number of hydrogen-bond donors (Lipinski definition) is 0. The lowest BCUT2D eigenvalue weighted by molar-refractivity contribution is 1.56. The average Bonchev–Trinajstić information content (AvgIpc) is 3.04. The van der Waals surface area contributed by atoms with E-state index in [-0.39, 0.29) is 0 Å². The van der Waals surface area contributed by atoms with Crippen molar-refractivity contribution in [3.05, 3.63) is 157 Å². The Labute approximate surface area is 244 Å². The number of rotatable bonds is 4. The molecule has 0 heterocycles. The lowest BCUT2D eigenvalue weighted by atomic mass is 9.88. The van der Waals surface area contributed by atoms with Crippen LogP contribution in [0.5, 0.6) is 0 Å². The molecule has 0 N–H and O–H groups in total. The van der Waals surface area contributed by atoms with Crippen molar-refractivity contribution >= 4 is 43.9 Å². The molecule has 41 heavy (non-hydrogen) atoms. The highest BCUT2D eigenvalue weighted by atomic mass is 35.5. The Kier molecular flexibility index (Phi) is 5.62. The maximum atomic E-state index is 6.87. The Morgan fingerprint density at radius 2 is 0.780 bits per heavy atom. The van der Waals surface area contributed by atoms with Crippen LogP contribution in [0.15, 0.2) is 152 Å². The molecule has 0 saturated carbocycles. The van der Waals surface area contributed by atoms with Crippen LogP contribution in [0.1, 0.15) is 0 Å². The van der Waals surface area contributed by atoms with Crippen molar-refractivity contribution in [3.63, 3.8) is 0 Å². The van der Waals surface area contributed by atoms with Crippen LogP contribution in [0.4, 0.5) is 0 Å². The molecule has 0 radical (unpaired) electrons. The van der Waals surface area contributed by atoms with Crippen LogP contribution in [0.3, 0.4) is 0 Å². The summed E-state index contributed by atoms with van der Waals surface area (Å²) >= 11 is 6.87. The third-order valence-electron chi connectivity index (χ3n) is 8.22. The van der Waals surface area contributed by atoms with Gasteiger partial charge in [0.15, 0.2) is 0 Å². The Bertz CT molecular complexity index is 2120. The van der Waals surface area contributed by atoms with Gasteiger partial charge in [-0.3, -0.25) is 0 Å². The highest BCUT2D eigenvalue weighted by molar-refractivity contribution is 6.31. The zero-order chi connectivity index (χ0) is 27.3. The second-order valence-corrected chi connectivity index (χ2v) is 11.2. The molecule has 8 aromatic rings. The Morgan fingerprint density at radius 1 is 0.317 bits per heavy atom. The first-order valence-electron chi connectivity index (χ1n) is 14.0. The molecule has 0 amide bonds. The molecule has 0 aliphatic rings. The SMILES string of the molecule is Clc1cc(-c2cc(-c3ccccc3)cc(-c3ccccc3)c2)cc(-c2ccc3ccc4cccc5ccc2c3c45)c1. The fraction of sp³-hybridized carbons (Fsp3) is 0. The molecule has 0 bridgehead atoms. The zero-order valence-electron chi connectivity index (χ0n) is 22.3. The third-order valence-corrected chi connectivity index (χ3v) is 8.44. The first-order valence-corrected chi connectivity index (χ1v) is 14.3. The molecule has 1 heteroatoms. The summed E-state index contributed by atoms with van der Waals surface area (Å²) in [7, 11) is 0. The Morgan fingerprint density at radius 3 is 1.41 bits per heavy atom. The number of hydrogen-bond acceptors (Lipinski definition) is 0. The van der Waals surface area contributed by atoms with E-state index in [1.165, 1.54) is 60.1 Å². The molecule has 0 atom stereocenters. The quantitative estimate of drug-likeness (QED) is 0.195. The van der Waals surface area contributed by atoms with E-state index in [4.69, 9.17) is 11.6 Å². The van der Waals surface area contributed by atoms with Crippen LogP contribution in [0.25, 0.3) is 76.8 Å². The van der Waals surface area contributed by atoms with Gasteiger partial charge in [0.1, 0.15) is 0 Å². The highest BCUT2D eigenvalue weighted by Gasteiger charge is 2.14. The number of benzene rings is 8. The van der Waals surface area contributed by atoms with Crippen molar-refractivity contribution in [1.82, 2.24) is 0 Å². The van der Waals surface area contributed by atoms with Gasteiger partial charge in [-0.15, -0.1) is 0 Å². The summed E-state index contributed by atoms with van der Waals surface area (Å²) in [6, 6.07) is 54.5. The van der Waals surface area contributed by atoms with Gasteiger partial charge in [-0.25, -0.2) is 0 Å². The first-order chi connectivity index (χ1) is 20.2. The normalized spacial score (nSPS) is 11.5. The third kappa shape index (κ3) is 4.16. The van der Waals surface area contributed by atoms with E-state index in [1.54, 1.807) is 0 Å². The summed E-state index contributed by atoms with van der Waals surface area (Å²) in [5.41, 5.74) is 9.33. The second-order valence-electron chi connectivity index (χ2n) is 10.7. The lowest BCUT2D eigenvalue weighted by Crippen LogP contribution is -1.89. The summed E-state index contributed by atoms with van der Waals surface area (Å²) in [5, 5.41) is 8.44. The molecule has 0 spiro atoms. The van der Waals surface area contributed by atoms with Crippen LogP contribution in [0.2, 0.25) is 5.02 Å². The minimum absolute atomic E-state index is 0.731. The summed E-state index contributed by atoms with van der Waals surface area (Å²) in [5.74, 6) is 0. The summed E-state index contributed by atoms with van der Waals surface area (Å²) in [6.45, 7) is 0. The van der Waals surface area contributed by atoms with Gasteiger partial charge in [0.25, 0.3) is 0 Å². The van der Waals surface area contributed by atoms with Crippen molar-refractivity contribution in [2.24, 2.45) is 0 Å². The zero-order valence-corrected chi connectivity index (χ0v) is 23.1. The van der Waals surface area contributed by atoms with Crippen molar-refractivity contribution in [3.8, 4) is 44.5 Å². The maximum absolute atomic E-state index is 6.87. The highest BCUT2D eigenvalue weighted by Crippen LogP contribution is 2.41. The summed E-state index contributed by atoms with van der Waals surface area (Å²) in [4.78, 5) is 0. The van der Waals surface area contributed by atoms with Crippen LogP contribution in [-0.4, -0.2) is 0 Å². The molecule has 0 aromatic heterocycles. The van der Waals surface area contributed by atoms with E-state index < -0.39 is 0 Å². The Balaban J connectivity index is 1.34. The fourth-order valence-electron chi connectivity index (χ4n) is 6.29. The predicted octanol–water partition coefficient (Wildman–Crippen LogP) is 11.9. The van der Waals surface area contributed by atoms with Gasteiger partial charge >= 0.3 is 0 Å². The van der Waals surface area contributed by atoms with Crippen molar-refractivity contribution in [1.29, 1.82) is 0 Å². The van der Waals surface area contributed by atoms with Gasteiger partial charge in [-0.1, -0.05) is 127 Å². The predicted molar refractivity (Wildman–Crippen MR) is 177 cm³/mol. The minimum atomic E-state index is 0.731. The molecule has 0 aliphatic carbocycles. The van der Waals surface area contributed by atoms with Crippen LogP contribution in [-0.2, 0) is 0 Å². The van der Waals surface area contributed by atoms with E-state index in [0.29, 0.717) is 0 Å². The molecule has 0 fully saturated rings. The van der Waals surface area contributed by atoms with E-state index in [0.717, 1.165) is 21.7 Å². The van der Waals surface area contributed by atoms with Gasteiger partial charge < -0.3 is 0 Å². The van der Waals surface area contributed by atoms with Gasteiger partial charge in [0, 0.05) is 5.02 Å². The number of halogens is 1. The topological polar surface area (TPSA) is 0 Å². The standard InChI is InChI=1S/C40H25Cl/c41-36-24-34(33-21-31(26-8-3-1-4-9-26)20-32(22-33)27-10-5-2-6-11-27)23-35(25-36)37-18-16-30-15-14-28-12-7-13-29-17-19-38(37)40(30)39(28)29/h1-25H. The van der Waals surface area contributed by atoms with Crippen molar-refractivity contribution in [2.75, 3.05) is 0 Å². The molecule has 0 aliphatic heterocycles. The van der Waals surface area contributed by atoms with E-state index in [2.05, 4.69) is 152 Å². The van der Waals surface area contributed by atoms with Gasteiger partial charge in [0.05, 0.1) is 0 Å². The summed E-state index contributed by atoms with van der Waals surface area (Å²) in [6.07, 6.45) is 0. The largest absolute Gasteiger partial charge is 0.0843 e. The van der Waals surface area contributed by atoms with Crippen LogP contribution >= 0.6 is 11.6 Å². The van der Waals surface area contributed by atoms with E-state index in [1.807, 2.05) is 0 Å². The molecule has 8 rings (SSSR count). The average molecular weight is 541 g/mol. The smallest absolute Gasteiger partial charge is 0.0418 e. The second kappa shape index (κ2) is 9.63. The van der Waals surface area contributed by atoms with Crippen molar-refractivity contribution in [2.45, 2.75) is 0 Å². The minimum Gasteiger partial charge on any atom is -0.0843 e. The molecule has 8 aromatic carbocycles. The summed E-state index contributed by atoms with van der Waals surface area (Å²) < 4.78 is 0. The lowest BCUT2D eigenvalue weighted by Gasteiger charge is -2.16. The van der Waals surface area contributed by atoms with Gasteiger partial charge in [0.2, 0.25) is 0 Å². The first kappa shape index (κ1) is 23.9. The molecule has 0 unspecified atom stereocenters. The van der Waals surface area contributed by atoms with Crippen LogP contribution < -0.4 is 0 Å². The molecule has 192 valence electrons. The van der Waals surface area contributed by atoms with Crippen LogP contribution in [0, 0.1) is 0 Å². The monoisotopic (exact) mass is 540 g/mol. The maximum Gasteiger partial charge on any atom is 0.0418 e. The van der Waals surface area contributed by atoms with E-state index in [9.17, 15) is 0 Å². The van der Waals surface area contributed by atoms with E-state index >= 15 is 0 Å². The molecular formula is C40H25Cl. The molecule has 0 saturated heterocycles. The van der Waals surface area contributed by atoms with Gasteiger partial charge in [-0.05, 0) is 113 Å². The molecule has 0 nitrogen and oxygen atoms in total. The van der Waals surface area contributed by atoms with Crippen molar-refractivity contribution < 1.29 is 0 Å².